The molecule has 0 bridgehead atoms. The molecule has 1 aromatic carbocycles. The number of ether oxygens (including phenoxy) is 1. The van der Waals surface area contributed by atoms with Crippen LogP contribution in [0.5, 0.6) is 5.75 Å². The molecule has 5 nitrogen and oxygen atoms in total. The van der Waals surface area contributed by atoms with Gasteiger partial charge in [-0.15, -0.1) is 0 Å². The van der Waals surface area contributed by atoms with Crippen LogP contribution >= 0.6 is 0 Å². The number of aliphatic hydroxyl groups is 1. The van der Waals surface area contributed by atoms with E-state index in [2.05, 4.69) is 24.1 Å². The second-order valence-electron chi connectivity index (χ2n) is 6.78. The monoisotopic (exact) mass is 331 g/mol. The zero-order valence-electron chi connectivity index (χ0n) is 14.7. The zero-order valence-corrected chi connectivity index (χ0v) is 14.7. The number of hydrogen-bond acceptors (Lipinski definition) is 5. The Bertz CT molecular complexity index is 518. The van der Waals surface area contributed by atoms with Crippen LogP contribution in [0.4, 0.5) is 0 Å². The SMILES string of the molecule is CC1CCN(CC(O)CNC(C)c2ccc(OCC#N)cc2)CC1. The first-order chi connectivity index (χ1) is 11.6. The lowest BCUT2D eigenvalue weighted by molar-refractivity contribution is 0.0892. The molecule has 0 aliphatic carbocycles. The Balaban J connectivity index is 1.71. The van der Waals surface area contributed by atoms with Gasteiger partial charge in [0.2, 0.25) is 0 Å². The third-order valence-electron chi connectivity index (χ3n) is 4.69. The fourth-order valence-electron chi connectivity index (χ4n) is 3.01. The van der Waals surface area contributed by atoms with Gasteiger partial charge in [-0.1, -0.05) is 19.1 Å². The summed E-state index contributed by atoms with van der Waals surface area (Å²) in [6, 6.07) is 9.83. The third kappa shape index (κ3) is 6.12. The number of nitriles is 1. The average Bonchev–Trinajstić information content (AvgIpc) is 2.60. The Hall–Kier alpha value is -1.61. The Morgan fingerprint density at radius 1 is 1.33 bits per heavy atom. The first-order valence-electron chi connectivity index (χ1n) is 8.82. The van der Waals surface area contributed by atoms with Crippen molar-refractivity contribution in [2.24, 2.45) is 5.92 Å². The van der Waals surface area contributed by atoms with E-state index in [1.807, 2.05) is 30.3 Å². The molecule has 0 saturated carbocycles. The van der Waals surface area contributed by atoms with E-state index in [1.54, 1.807) is 0 Å². The normalized spacial score (nSPS) is 18.8. The van der Waals surface area contributed by atoms with Gasteiger partial charge in [-0.25, -0.2) is 0 Å². The second kappa shape index (κ2) is 9.63. The van der Waals surface area contributed by atoms with E-state index in [0.717, 1.165) is 31.1 Å². The molecule has 2 N–H and O–H groups in total. The van der Waals surface area contributed by atoms with Crippen molar-refractivity contribution in [2.45, 2.75) is 38.8 Å². The molecule has 5 heteroatoms. The summed E-state index contributed by atoms with van der Waals surface area (Å²) in [5.41, 5.74) is 1.14. The van der Waals surface area contributed by atoms with Crippen LogP contribution in [-0.2, 0) is 0 Å². The smallest absolute Gasteiger partial charge is 0.174 e. The van der Waals surface area contributed by atoms with Crippen molar-refractivity contribution in [3.8, 4) is 11.8 Å². The van der Waals surface area contributed by atoms with Crippen molar-refractivity contribution in [3.63, 3.8) is 0 Å². The van der Waals surface area contributed by atoms with Crippen molar-refractivity contribution < 1.29 is 9.84 Å². The van der Waals surface area contributed by atoms with Gasteiger partial charge in [-0.2, -0.15) is 5.26 Å². The maximum atomic E-state index is 10.2. The summed E-state index contributed by atoms with van der Waals surface area (Å²) in [6.07, 6.45) is 2.12. The molecule has 0 radical (unpaired) electrons. The Morgan fingerprint density at radius 2 is 2.00 bits per heavy atom. The number of benzene rings is 1. The minimum atomic E-state index is -0.348. The molecule has 1 aromatic rings. The van der Waals surface area contributed by atoms with E-state index in [1.165, 1.54) is 12.8 Å². The van der Waals surface area contributed by atoms with E-state index >= 15 is 0 Å². The number of likely N-dealkylation sites (tertiary alicyclic amines) is 1. The number of aliphatic hydroxyl groups excluding tert-OH is 1. The van der Waals surface area contributed by atoms with Gasteiger partial charge in [-0.05, 0) is 56.5 Å². The van der Waals surface area contributed by atoms with Gasteiger partial charge in [-0.3, -0.25) is 0 Å². The fraction of sp³-hybridized carbons (Fsp3) is 0.632. The Labute approximate surface area is 145 Å². The van der Waals surface area contributed by atoms with Gasteiger partial charge in [0.1, 0.15) is 11.8 Å². The summed E-state index contributed by atoms with van der Waals surface area (Å²) in [4.78, 5) is 2.36. The van der Waals surface area contributed by atoms with E-state index < -0.39 is 0 Å². The largest absolute Gasteiger partial charge is 0.479 e. The highest BCUT2D eigenvalue weighted by Gasteiger charge is 2.18. The molecule has 2 rings (SSSR count). The number of rotatable bonds is 8. The van der Waals surface area contributed by atoms with Crippen molar-refractivity contribution in [1.29, 1.82) is 5.26 Å². The van der Waals surface area contributed by atoms with Crippen LogP contribution < -0.4 is 10.1 Å². The van der Waals surface area contributed by atoms with E-state index in [0.29, 0.717) is 12.3 Å². The molecule has 0 amide bonds. The molecule has 1 aliphatic heterocycles. The molecule has 0 aromatic heterocycles. The Morgan fingerprint density at radius 3 is 2.62 bits per heavy atom. The first kappa shape index (κ1) is 18.7. The van der Waals surface area contributed by atoms with Gasteiger partial charge >= 0.3 is 0 Å². The molecule has 1 fully saturated rings. The standard InChI is InChI=1S/C19H29N3O2/c1-15-7-10-22(11-8-15)14-18(23)13-21-16(2)17-3-5-19(6-4-17)24-12-9-20/h3-6,15-16,18,21,23H,7-8,10-14H2,1-2H3. The Kier molecular flexibility index (Phi) is 7.51. The summed E-state index contributed by atoms with van der Waals surface area (Å²) in [5.74, 6) is 1.52. The topological polar surface area (TPSA) is 68.5 Å². The molecule has 0 spiro atoms. The summed E-state index contributed by atoms with van der Waals surface area (Å²) in [6.45, 7) is 7.96. The highest BCUT2D eigenvalue weighted by Crippen LogP contribution is 2.18. The van der Waals surface area contributed by atoms with Crippen molar-refractivity contribution in [3.05, 3.63) is 29.8 Å². The molecule has 2 unspecified atom stereocenters. The van der Waals surface area contributed by atoms with Gasteiger partial charge in [0.25, 0.3) is 0 Å². The number of β-amino-alcohol motifs (C(OH)–C–C–N with tert-alkyl or cyclic N) is 1. The third-order valence-corrected chi connectivity index (χ3v) is 4.69. The first-order valence-corrected chi connectivity index (χ1v) is 8.82. The van der Waals surface area contributed by atoms with E-state index in [-0.39, 0.29) is 18.8 Å². The van der Waals surface area contributed by atoms with Gasteiger partial charge in [0.05, 0.1) is 6.10 Å². The number of nitrogens with zero attached hydrogens (tertiary/aromatic N) is 2. The summed E-state index contributed by atoms with van der Waals surface area (Å²) < 4.78 is 5.25. The van der Waals surface area contributed by atoms with Crippen LogP contribution in [0.25, 0.3) is 0 Å². The highest BCUT2D eigenvalue weighted by molar-refractivity contribution is 5.29. The summed E-state index contributed by atoms with van der Waals surface area (Å²) in [5, 5.41) is 22.2. The molecule has 1 heterocycles. The molecular weight excluding hydrogens is 302 g/mol. The summed E-state index contributed by atoms with van der Waals surface area (Å²) >= 11 is 0. The molecule has 24 heavy (non-hydrogen) atoms. The molecule has 2 atom stereocenters. The van der Waals surface area contributed by atoms with Crippen LogP contribution in [0, 0.1) is 17.2 Å². The predicted octanol–water partition coefficient (Wildman–Crippen LogP) is 2.33. The average molecular weight is 331 g/mol. The van der Waals surface area contributed by atoms with Crippen LogP contribution in [-0.4, -0.2) is 48.9 Å². The molecule has 1 saturated heterocycles. The van der Waals surface area contributed by atoms with E-state index in [9.17, 15) is 5.11 Å². The maximum absolute atomic E-state index is 10.2. The van der Waals surface area contributed by atoms with Gasteiger partial charge < -0.3 is 20.1 Å². The lowest BCUT2D eigenvalue weighted by Gasteiger charge is -2.32. The minimum Gasteiger partial charge on any atom is -0.479 e. The van der Waals surface area contributed by atoms with Crippen LogP contribution in [0.1, 0.15) is 38.3 Å². The fourth-order valence-corrected chi connectivity index (χ4v) is 3.01. The van der Waals surface area contributed by atoms with Crippen LogP contribution in [0.15, 0.2) is 24.3 Å². The number of nitrogens with one attached hydrogen (secondary N) is 1. The summed E-state index contributed by atoms with van der Waals surface area (Å²) in [7, 11) is 0. The zero-order chi connectivity index (χ0) is 17.4. The van der Waals surface area contributed by atoms with Crippen molar-refractivity contribution in [1.82, 2.24) is 10.2 Å². The van der Waals surface area contributed by atoms with E-state index in [4.69, 9.17) is 10.00 Å². The lowest BCUT2D eigenvalue weighted by Crippen LogP contribution is -2.42. The molecule has 132 valence electrons. The predicted molar refractivity (Wildman–Crippen MR) is 94.8 cm³/mol. The molecular formula is C19H29N3O2. The second-order valence-corrected chi connectivity index (χ2v) is 6.78. The highest BCUT2D eigenvalue weighted by atomic mass is 16.5. The van der Waals surface area contributed by atoms with Crippen molar-refractivity contribution in [2.75, 3.05) is 32.8 Å². The van der Waals surface area contributed by atoms with Crippen LogP contribution in [0.2, 0.25) is 0 Å². The van der Waals surface area contributed by atoms with Gasteiger partial charge in [0, 0.05) is 19.1 Å². The number of hydrogen-bond donors (Lipinski definition) is 2. The maximum Gasteiger partial charge on any atom is 0.174 e. The number of piperidine rings is 1. The van der Waals surface area contributed by atoms with Gasteiger partial charge in [0.15, 0.2) is 6.61 Å². The lowest BCUT2D eigenvalue weighted by atomic mass is 9.99. The quantitative estimate of drug-likeness (QED) is 0.765. The minimum absolute atomic E-state index is 0.0641. The van der Waals surface area contributed by atoms with Crippen LogP contribution in [0.3, 0.4) is 0 Å². The molecule has 1 aliphatic rings. The van der Waals surface area contributed by atoms with Crippen molar-refractivity contribution >= 4 is 0 Å².